The van der Waals surface area contributed by atoms with Crippen LogP contribution >= 0.6 is 11.8 Å². The lowest BCUT2D eigenvalue weighted by molar-refractivity contribution is -0.133. The minimum absolute atomic E-state index is 0.173. The van der Waals surface area contributed by atoms with Gasteiger partial charge in [-0.15, -0.1) is 5.10 Å². The zero-order chi connectivity index (χ0) is 14.8. The summed E-state index contributed by atoms with van der Waals surface area (Å²) in [5, 5.41) is 17.0. The number of hydrogen-bond donors (Lipinski definition) is 2. The van der Waals surface area contributed by atoms with Crippen LogP contribution in [0.1, 0.15) is 0 Å². The minimum atomic E-state index is -0.971. The molecular formula is C13H10N4O3S. The molecule has 8 heteroatoms. The van der Waals surface area contributed by atoms with Gasteiger partial charge in [-0.3, -0.25) is 9.78 Å². The molecule has 0 saturated heterocycles. The molecule has 7 nitrogen and oxygen atoms in total. The molecule has 2 N–H and O–H groups in total. The Labute approximate surface area is 122 Å². The van der Waals surface area contributed by atoms with Gasteiger partial charge < -0.3 is 5.11 Å². The van der Waals surface area contributed by atoms with E-state index in [0.717, 1.165) is 22.5 Å². The fourth-order valence-corrected chi connectivity index (χ4v) is 2.68. The molecule has 0 amide bonds. The van der Waals surface area contributed by atoms with E-state index in [9.17, 15) is 9.59 Å². The van der Waals surface area contributed by atoms with E-state index >= 15 is 0 Å². The Balaban J connectivity index is 2.17. The van der Waals surface area contributed by atoms with Crippen LogP contribution in [-0.4, -0.2) is 36.6 Å². The number of carboxylic acids is 1. The fraction of sp³-hybridized carbons (Fsp3) is 0.0769. The summed E-state index contributed by atoms with van der Waals surface area (Å²) >= 11 is 0.980. The maximum atomic E-state index is 12.0. The van der Waals surface area contributed by atoms with E-state index in [0.29, 0.717) is 10.8 Å². The Bertz CT molecular complexity index is 866. The predicted molar refractivity (Wildman–Crippen MR) is 77.8 cm³/mol. The van der Waals surface area contributed by atoms with E-state index in [1.807, 2.05) is 18.2 Å². The van der Waals surface area contributed by atoms with E-state index in [1.54, 1.807) is 18.5 Å². The number of H-pyrrole nitrogens is 1. The number of benzene rings is 1. The van der Waals surface area contributed by atoms with Crippen molar-refractivity contribution in [2.75, 3.05) is 5.75 Å². The highest BCUT2D eigenvalue weighted by Crippen LogP contribution is 2.24. The molecule has 0 radical (unpaired) electrons. The van der Waals surface area contributed by atoms with Crippen molar-refractivity contribution >= 4 is 28.5 Å². The van der Waals surface area contributed by atoms with Gasteiger partial charge in [-0.2, -0.15) is 0 Å². The molecule has 2 aromatic heterocycles. The largest absolute Gasteiger partial charge is 0.481 e. The molecule has 0 bridgehead atoms. The normalized spacial score (nSPS) is 10.9. The number of nitrogens with zero attached hydrogens (tertiary/aromatic N) is 3. The van der Waals surface area contributed by atoms with E-state index in [2.05, 4.69) is 15.2 Å². The van der Waals surface area contributed by atoms with Crippen molar-refractivity contribution < 1.29 is 9.90 Å². The smallest absolute Gasteiger partial charge is 0.348 e. The summed E-state index contributed by atoms with van der Waals surface area (Å²) < 4.78 is 1.36. The Kier molecular flexibility index (Phi) is 3.44. The number of carbonyl (C=O) groups is 1. The van der Waals surface area contributed by atoms with Gasteiger partial charge in [0, 0.05) is 17.8 Å². The number of aliphatic carboxylic acids is 1. The zero-order valence-corrected chi connectivity index (χ0v) is 11.5. The molecule has 0 saturated carbocycles. The first-order chi connectivity index (χ1) is 10.2. The van der Waals surface area contributed by atoms with Gasteiger partial charge in [0.2, 0.25) is 0 Å². The van der Waals surface area contributed by atoms with Gasteiger partial charge in [0.05, 0.1) is 11.4 Å². The molecule has 3 aromatic rings. The van der Waals surface area contributed by atoms with E-state index in [4.69, 9.17) is 5.11 Å². The van der Waals surface area contributed by atoms with Crippen molar-refractivity contribution in [2.45, 2.75) is 5.16 Å². The lowest BCUT2D eigenvalue weighted by Crippen LogP contribution is -2.16. The first-order valence-corrected chi connectivity index (χ1v) is 7.00. The average Bonchev–Trinajstić information content (AvgIpc) is 2.85. The van der Waals surface area contributed by atoms with E-state index in [-0.39, 0.29) is 5.75 Å². The van der Waals surface area contributed by atoms with E-state index in [1.165, 1.54) is 4.57 Å². The van der Waals surface area contributed by atoms with Crippen molar-refractivity contribution in [3.63, 3.8) is 0 Å². The zero-order valence-electron chi connectivity index (χ0n) is 10.7. The monoisotopic (exact) mass is 302 g/mol. The highest BCUT2D eigenvalue weighted by Gasteiger charge is 2.14. The summed E-state index contributed by atoms with van der Waals surface area (Å²) in [6.07, 6.45) is 3.33. The maximum Gasteiger partial charge on any atom is 0.348 e. The van der Waals surface area contributed by atoms with Crippen LogP contribution < -0.4 is 5.69 Å². The number of thioether (sulfide) groups is 1. The Morgan fingerprint density at radius 2 is 2.24 bits per heavy atom. The number of rotatable bonds is 4. The topological polar surface area (TPSA) is 101 Å². The molecule has 0 aliphatic heterocycles. The van der Waals surface area contributed by atoms with Crippen LogP contribution in [-0.2, 0) is 4.79 Å². The van der Waals surface area contributed by atoms with Crippen molar-refractivity contribution in [1.82, 2.24) is 19.7 Å². The van der Waals surface area contributed by atoms with Gasteiger partial charge in [0.25, 0.3) is 0 Å². The molecule has 0 fully saturated rings. The van der Waals surface area contributed by atoms with Gasteiger partial charge in [0.15, 0.2) is 5.16 Å². The van der Waals surface area contributed by atoms with Crippen LogP contribution in [0.2, 0.25) is 0 Å². The molecule has 0 spiro atoms. The number of carboxylic acid groups (broad SMARTS) is 1. The summed E-state index contributed by atoms with van der Waals surface area (Å²) in [6.45, 7) is 0. The SMILES string of the molecule is O=C(O)CSc1n[nH]c(=O)n1-c1cccc2ccncc12. The van der Waals surface area contributed by atoms with Gasteiger partial charge in [-0.25, -0.2) is 14.5 Å². The summed E-state index contributed by atoms with van der Waals surface area (Å²) in [5.74, 6) is -1.14. The first kappa shape index (κ1) is 13.4. The quantitative estimate of drug-likeness (QED) is 0.704. The highest BCUT2D eigenvalue weighted by molar-refractivity contribution is 7.99. The number of fused-ring (bicyclic) bond motifs is 1. The van der Waals surface area contributed by atoms with Gasteiger partial charge in [-0.05, 0) is 17.5 Å². The number of pyridine rings is 1. The minimum Gasteiger partial charge on any atom is -0.481 e. The second-order valence-corrected chi connectivity index (χ2v) is 5.15. The Hall–Kier alpha value is -2.61. The highest BCUT2D eigenvalue weighted by atomic mass is 32.2. The molecule has 1 aromatic carbocycles. The molecule has 0 aliphatic carbocycles. The van der Waals surface area contributed by atoms with Gasteiger partial charge in [-0.1, -0.05) is 23.9 Å². The molecule has 21 heavy (non-hydrogen) atoms. The van der Waals surface area contributed by atoms with Gasteiger partial charge in [0.1, 0.15) is 0 Å². The number of hydrogen-bond acceptors (Lipinski definition) is 5. The summed E-state index contributed by atoms with van der Waals surface area (Å²) in [4.78, 5) is 26.7. The maximum absolute atomic E-state index is 12.0. The van der Waals surface area contributed by atoms with Crippen molar-refractivity contribution in [3.05, 3.63) is 47.1 Å². The molecule has 0 atom stereocenters. The molecule has 3 rings (SSSR count). The van der Waals surface area contributed by atoms with Gasteiger partial charge >= 0.3 is 11.7 Å². The molecule has 106 valence electrons. The van der Waals surface area contributed by atoms with Crippen LogP contribution in [0.3, 0.4) is 0 Å². The number of aromatic amines is 1. The van der Waals surface area contributed by atoms with Crippen molar-refractivity contribution in [2.24, 2.45) is 0 Å². The number of nitrogens with one attached hydrogen (secondary N) is 1. The summed E-state index contributed by atoms with van der Waals surface area (Å²) in [5.41, 5.74) is 0.200. The van der Waals surface area contributed by atoms with Crippen molar-refractivity contribution in [1.29, 1.82) is 0 Å². The van der Waals surface area contributed by atoms with Crippen molar-refractivity contribution in [3.8, 4) is 5.69 Å². The van der Waals surface area contributed by atoms with Crippen LogP contribution in [0, 0.1) is 0 Å². The molecule has 2 heterocycles. The fourth-order valence-electron chi connectivity index (χ4n) is 2.01. The molecule has 0 aliphatic rings. The average molecular weight is 302 g/mol. The van der Waals surface area contributed by atoms with Crippen LogP contribution in [0.15, 0.2) is 46.6 Å². The molecular weight excluding hydrogens is 292 g/mol. The Morgan fingerprint density at radius 3 is 3.05 bits per heavy atom. The third kappa shape index (κ3) is 2.52. The Morgan fingerprint density at radius 1 is 1.38 bits per heavy atom. The van der Waals surface area contributed by atoms with Crippen LogP contribution in [0.25, 0.3) is 16.5 Å². The number of aromatic nitrogens is 4. The van der Waals surface area contributed by atoms with E-state index < -0.39 is 11.7 Å². The first-order valence-electron chi connectivity index (χ1n) is 6.02. The van der Waals surface area contributed by atoms with Crippen LogP contribution in [0.4, 0.5) is 0 Å². The lowest BCUT2D eigenvalue weighted by Gasteiger charge is -2.08. The second kappa shape index (κ2) is 5.41. The third-order valence-corrected chi connectivity index (χ3v) is 3.79. The summed E-state index contributed by atoms with van der Waals surface area (Å²) in [7, 11) is 0. The summed E-state index contributed by atoms with van der Waals surface area (Å²) in [6, 6.07) is 7.35. The predicted octanol–water partition coefficient (Wildman–Crippen LogP) is 1.29. The van der Waals surface area contributed by atoms with Crippen LogP contribution in [0.5, 0.6) is 0 Å². The molecule has 0 unspecified atom stereocenters. The lowest BCUT2D eigenvalue weighted by atomic mass is 10.1. The second-order valence-electron chi connectivity index (χ2n) is 4.20. The third-order valence-electron chi connectivity index (χ3n) is 2.87. The standard InChI is InChI=1S/C13H10N4O3S/c18-11(19)7-21-13-16-15-12(20)17(13)10-3-1-2-8-4-5-14-6-9(8)10/h1-6H,7H2,(H,15,20)(H,18,19).